The molecular weight excluding hydrogens is 467 g/mol. The molecule has 178 valence electrons. The second-order valence-corrected chi connectivity index (χ2v) is 9.41. The number of fused-ring (bicyclic) bond motifs is 3. The summed E-state index contributed by atoms with van der Waals surface area (Å²) >= 11 is 5.84. The van der Waals surface area contributed by atoms with Crippen molar-refractivity contribution in [2.45, 2.75) is 37.9 Å². The molecule has 3 atom stereocenters. The quantitative estimate of drug-likeness (QED) is 0.484. The van der Waals surface area contributed by atoms with Crippen molar-refractivity contribution in [3.05, 3.63) is 45.9 Å². The number of rotatable bonds is 3. The van der Waals surface area contributed by atoms with Crippen LogP contribution in [0, 0.1) is 17.7 Å². The molecule has 1 aromatic carbocycles. The fraction of sp³-hybridized carbons (Fsp3) is 0.435. The van der Waals surface area contributed by atoms with Crippen molar-refractivity contribution in [1.29, 1.82) is 0 Å². The van der Waals surface area contributed by atoms with Gasteiger partial charge in [0, 0.05) is 20.1 Å². The van der Waals surface area contributed by atoms with Gasteiger partial charge in [0.2, 0.25) is 17.6 Å². The number of carbonyl (C=O) groups excluding carboxylic acids is 5. The lowest BCUT2D eigenvalue weighted by molar-refractivity contribution is -0.156. The SMILES string of the molecule is CNC(=O)C1CCCC12NC(=O)C1=C3CCN(Cc4ccc(F)c(Cl)c4)C(=O)C3C(=O)C(=O)N12. The van der Waals surface area contributed by atoms with Crippen molar-refractivity contribution < 1.29 is 28.4 Å². The smallest absolute Gasteiger partial charge is 0.297 e. The molecule has 3 heterocycles. The van der Waals surface area contributed by atoms with Crippen molar-refractivity contribution >= 4 is 41.0 Å². The highest BCUT2D eigenvalue weighted by atomic mass is 35.5. The van der Waals surface area contributed by atoms with Gasteiger partial charge in [-0.05, 0) is 49.0 Å². The molecule has 1 spiro atoms. The van der Waals surface area contributed by atoms with Crippen LogP contribution >= 0.6 is 11.6 Å². The number of nitrogens with zero attached hydrogens (tertiary/aromatic N) is 2. The van der Waals surface area contributed by atoms with E-state index in [1.165, 1.54) is 30.1 Å². The third kappa shape index (κ3) is 3.08. The van der Waals surface area contributed by atoms with E-state index in [4.69, 9.17) is 11.6 Å². The number of likely N-dealkylation sites (tertiary alicyclic amines) is 1. The number of halogens is 2. The monoisotopic (exact) mass is 488 g/mol. The predicted octanol–water partition coefficient (Wildman–Crippen LogP) is 0.865. The molecule has 0 bridgehead atoms. The molecular formula is C23H22ClFN4O5. The Kier molecular flexibility index (Phi) is 5.23. The van der Waals surface area contributed by atoms with E-state index in [2.05, 4.69) is 10.6 Å². The van der Waals surface area contributed by atoms with E-state index in [1.54, 1.807) is 0 Å². The summed E-state index contributed by atoms with van der Waals surface area (Å²) in [6.07, 6.45) is 1.60. The van der Waals surface area contributed by atoms with Gasteiger partial charge in [-0.1, -0.05) is 17.7 Å². The van der Waals surface area contributed by atoms with Crippen LogP contribution in [0.1, 0.15) is 31.2 Å². The molecule has 2 saturated heterocycles. The number of hydrogen-bond donors (Lipinski definition) is 2. The Balaban J connectivity index is 1.51. The van der Waals surface area contributed by atoms with E-state index >= 15 is 0 Å². The number of nitrogens with one attached hydrogen (secondary N) is 2. The van der Waals surface area contributed by atoms with Gasteiger partial charge in [0.05, 0.1) is 10.9 Å². The number of piperidine rings is 1. The van der Waals surface area contributed by atoms with Crippen LogP contribution in [0.5, 0.6) is 0 Å². The van der Waals surface area contributed by atoms with E-state index in [1.807, 2.05) is 0 Å². The molecule has 34 heavy (non-hydrogen) atoms. The van der Waals surface area contributed by atoms with E-state index in [9.17, 15) is 28.4 Å². The molecule has 3 aliphatic heterocycles. The molecule has 4 amide bonds. The van der Waals surface area contributed by atoms with Gasteiger partial charge in [-0.3, -0.25) is 28.9 Å². The van der Waals surface area contributed by atoms with Gasteiger partial charge in [0.25, 0.3) is 11.8 Å². The third-order valence-corrected chi connectivity index (χ3v) is 7.54. The van der Waals surface area contributed by atoms with Crippen LogP contribution in [-0.2, 0) is 30.5 Å². The number of hydrogen-bond acceptors (Lipinski definition) is 5. The van der Waals surface area contributed by atoms with Crippen LogP contribution in [0.3, 0.4) is 0 Å². The van der Waals surface area contributed by atoms with Crippen molar-refractivity contribution in [2.75, 3.05) is 13.6 Å². The lowest BCUT2D eigenvalue weighted by Gasteiger charge is -2.43. The van der Waals surface area contributed by atoms with Crippen molar-refractivity contribution in [3.8, 4) is 0 Å². The third-order valence-electron chi connectivity index (χ3n) is 7.25. The average molecular weight is 489 g/mol. The minimum absolute atomic E-state index is 0.0169. The minimum atomic E-state index is -1.39. The average Bonchev–Trinajstić information content (AvgIpc) is 3.36. The van der Waals surface area contributed by atoms with Crippen molar-refractivity contribution in [1.82, 2.24) is 20.4 Å². The van der Waals surface area contributed by atoms with Crippen LogP contribution < -0.4 is 10.6 Å². The van der Waals surface area contributed by atoms with E-state index < -0.39 is 46.8 Å². The van der Waals surface area contributed by atoms with Gasteiger partial charge in [-0.25, -0.2) is 4.39 Å². The highest BCUT2D eigenvalue weighted by Gasteiger charge is 2.64. The van der Waals surface area contributed by atoms with Gasteiger partial charge < -0.3 is 15.5 Å². The second-order valence-electron chi connectivity index (χ2n) is 9.01. The zero-order valence-corrected chi connectivity index (χ0v) is 19.1. The summed E-state index contributed by atoms with van der Waals surface area (Å²) in [5.74, 6) is -6.01. The Morgan fingerprint density at radius 2 is 2.06 bits per heavy atom. The second kappa shape index (κ2) is 7.90. The summed E-state index contributed by atoms with van der Waals surface area (Å²) in [7, 11) is 1.48. The van der Waals surface area contributed by atoms with Gasteiger partial charge in [-0.15, -0.1) is 0 Å². The van der Waals surface area contributed by atoms with Crippen LogP contribution in [0.25, 0.3) is 0 Å². The Hall–Kier alpha value is -3.27. The Labute approximate surface area is 199 Å². The standard InChI is InChI=1S/C23H22ClFN4O5/c1-26-19(31)13-3-2-7-23(13)27-20(32)17-12-6-8-28(10-11-4-5-15(25)14(24)9-11)21(33)16(12)18(30)22(34)29(17)23/h4-5,9,13,16H,2-3,6-8,10H2,1H3,(H,26,31)(H,27,32). The topological polar surface area (TPSA) is 116 Å². The van der Waals surface area contributed by atoms with Crippen LogP contribution in [0.15, 0.2) is 29.5 Å². The maximum absolute atomic E-state index is 13.5. The fourth-order valence-electron chi connectivity index (χ4n) is 5.73. The zero-order chi connectivity index (χ0) is 24.4. The summed E-state index contributed by atoms with van der Waals surface area (Å²) in [5.41, 5.74) is -0.408. The molecule has 9 nitrogen and oxygen atoms in total. The number of Topliss-reactive ketones (excluding diaryl/α,β-unsaturated/α-hetero) is 1. The molecule has 0 radical (unpaired) electrons. The molecule has 1 aromatic rings. The minimum Gasteiger partial charge on any atom is -0.359 e. The van der Waals surface area contributed by atoms with Crippen LogP contribution in [0.2, 0.25) is 5.02 Å². The van der Waals surface area contributed by atoms with Gasteiger partial charge >= 0.3 is 0 Å². The molecule has 11 heteroatoms. The van der Waals surface area contributed by atoms with Crippen LogP contribution in [-0.4, -0.2) is 58.5 Å². The molecule has 3 unspecified atom stereocenters. The normalized spacial score (nSPS) is 28.4. The van der Waals surface area contributed by atoms with E-state index in [0.29, 0.717) is 30.4 Å². The van der Waals surface area contributed by atoms with E-state index in [0.717, 1.165) is 4.90 Å². The zero-order valence-electron chi connectivity index (χ0n) is 18.3. The molecule has 4 aliphatic rings. The van der Waals surface area contributed by atoms with E-state index in [-0.39, 0.29) is 36.1 Å². The first kappa shape index (κ1) is 22.5. The Bertz CT molecular complexity index is 1200. The van der Waals surface area contributed by atoms with Gasteiger partial charge in [-0.2, -0.15) is 0 Å². The number of carbonyl (C=O) groups is 5. The van der Waals surface area contributed by atoms with Crippen LogP contribution in [0.4, 0.5) is 4.39 Å². The first-order valence-electron chi connectivity index (χ1n) is 11.1. The maximum atomic E-state index is 13.5. The predicted molar refractivity (Wildman–Crippen MR) is 116 cm³/mol. The fourth-order valence-corrected chi connectivity index (χ4v) is 5.93. The number of ketones is 1. The highest BCUT2D eigenvalue weighted by molar-refractivity contribution is 6.44. The molecule has 1 saturated carbocycles. The highest BCUT2D eigenvalue weighted by Crippen LogP contribution is 2.48. The first-order chi connectivity index (χ1) is 16.2. The molecule has 5 rings (SSSR count). The number of amides is 4. The molecule has 0 aromatic heterocycles. The first-order valence-corrected chi connectivity index (χ1v) is 11.5. The van der Waals surface area contributed by atoms with Gasteiger partial charge in [0.1, 0.15) is 23.1 Å². The van der Waals surface area contributed by atoms with Crippen molar-refractivity contribution in [2.24, 2.45) is 11.8 Å². The van der Waals surface area contributed by atoms with Crippen molar-refractivity contribution in [3.63, 3.8) is 0 Å². The summed E-state index contributed by atoms with van der Waals surface area (Å²) in [6, 6.07) is 4.09. The summed E-state index contributed by atoms with van der Waals surface area (Å²) in [4.78, 5) is 68.0. The summed E-state index contributed by atoms with van der Waals surface area (Å²) in [6.45, 7) is 0.287. The lowest BCUT2D eigenvalue weighted by Crippen LogP contribution is -2.63. The van der Waals surface area contributed by atoms with Gasteiger partial charge in [0.15, 0.2) is 0 Å². The molecule has 3 fully saturated rings. The Morgan fingerprint density at radius 3 is 2.76 bits per heavy atom. The Morgan fingerprint density at radius 1 is 1.29 bits per heavy atom. The molecule has 2 N–H and O–H groups in total. The maximum Gasteiger partial charge on any atom is 0.297 e. The summed E-state index contributed by atoms with van der Waals surface area (Å²) < 4.78 is 13.5. The largest absolute Gasteiger partial charge is 0.359 e. The lowest BCUT2D eigenvalue weighted by atomic mass is 9.81. The summed E-state index contributed by atoms with van der Waals surface area (Å²) in [5, 5.41) is 5.31. The number of benzene rings is 1. The molecule has 1 aliphatic carbocycles.